The predicted octanol–water partition coefficient (Wildman–Crippen LogP) is 5.82. The van der Waals surface area contributed by atoms with Gasteiger partial charge in [-0.05, 0) is 73.5 Å². The van der Waals surface area contributed by atoms with Crippen molar-refractivity contribution in [3.8, 4) is 23.0 Å². The van der Waals surface area contributed by atoms with Crippen molar-refractivity contribution in [1.29, 1.82) is 0 Å². The number of methoxy groups -OCH3 is 1. The first-order chi connectivity index (χ1) is 19.4. The van der Waals surface area contributed by atoms with Gasteiger partial charge in [0.25, 0.3) is 5.78 Å². The second-order valence-electron chi connectivity index (χ2n) is 9.03. The van der Waals surface area contributed by atoms with Gasteiger partial charge in [0.1, 0.15) is 17.3 Å². The smallest absolute Gasteiger partial charge is 0.301 e. The largest absolute Gasteiger partial charge is 0.507 e. The fraction of sp³-hybridized carbons (Fsp3) is 0.233. The molecule has 0 bridgehead atoms. The molecule has 3 aromatic carbocycles. The number of hydrogen-bond donors (Lipinski definition) is 2. The number of phenolic OH excluding ortho intramolecular Hbond substituents is 1. The van der Waals surface area contributed by atoms with Crippen LogP contribution < -0.4 is 19.1 Å². The summed E-state index contributed by atoms with van der Waals surface area (Å²) in [5.74, 6) is -0.668. The number of nitrogens with zero attached hydrogens (tertiary/aromatic N) is 2. The first kappa shape index (κ1) is 27.0. The molecule has 1 atom stereocenters. The monoisotopic (exact) mass is 560 g/mol. The SMILES string of the molecule is CCCOc1ccc(/C(O)=C2\C(=O)C(=O)N(c3nc4ccc(OCC)cc4s3)C2c2ccc(O)c(OC)c2)cc1. The lowest BCUT2D eigenvalue weighted by molar-refractivity contribution is -0.132. The summed E-state index contributed by atoms with van der Waals surface area (Å²) in [6, 6.07) is 15.6. The fourth-order valence-corrected chi connectivity index (χ4v) is 5.57. The third kappa shape index (κ3) is 4.93. The van der Waals surface area contributed by atoms with Crippen molar-refractivity contribution in [2.24, 2.45) is 0 Å². The number of hydrogen-bond acceptors (Lipinski definition) is 9. The molecule has 4 aromatic rings. The minimum atomic E-state index is -1.03. The summed E-state index contributed by atoms with van der Waals surface area (Å²) in [7, 11) is 1.40. The molecule has 1 amide bonds. The first-order valence-electron chi connectivity index (χ1n) is 12.8. The summed E-state index contributed by atoms with van der Waals surface area (Å²) >= 11 is 1.23. The van der Waals surface area contributed by atoms with Crippen molar-refractivity contribution in [1.82, 2.24) is 4.98 Å². The molecule has 2 N–H and O–H groups in total. The van der Waals surface area contributed by atoms with Crippen molar-refractivity contribution >= 4 is 44.1 Å². The van der Waals surface area contributed by atoms with Crippen LogP contribution in [0.25, 0.3) is 16.0 Å². The number of thiazole rings is 1. The minimum absolute atomic E-state index is 0.102. The highest BCUT2D eigenvalue weighted by atomic mass is 32.1. The number of carbonyl (C=O) groups excluding carboxylic acids is 2. The molecule has 40 heavy (non-hydrogen) atoms. The van der Waals surface area contributed by atoms with E-state index >= 15 is 0 Å². The van der Waals surface area contributed by atoms with Gasteiger partial charge in [0.15, 0.2) is 16.6 Å². The van der Waals surface area contributed by atoms with Crippen LogP contribution in [0.5, 0.6) is 23.0 Å². The van der Waals surface area contributed by atoms with Gasteiger partial charge < -0.3 is 24.4 Å². The lowest BCUT2D eigenvalue weighted by Gasteiger charge is -2.23. The van der Waals surface area contributed by atoms with Crippen LogP contribution >= 0.6 is 11.3 Å². The molecule has 1 saturated heterocycles. The predicted molar refractivity (Wildman–Crippen MR) is 152 cm³/mol. The van der Waals surface area contributed by atoms with Crippen LogP contribution in [-0.4, -0.2) is 47.2 Å². The Bertz CT molecular complexity index is 1610. The highest BCUT2D eigenvalue weighted by Crippen LogP contribution is 2.46. The third-order valence-corrected chi connectivity index (χ3v) is 7.45. The van der Waals surface area contributed by atoms with Gasteiger partial charge in [-0.15, -0.1) is 0 Å². The topological polar surface area (TPSA) is 118 Å². The Morgan fingerprint density at radius 3 is 2.45 bits per heavy atom. The second kappa shape index (κ2) is 11.3. The average Bonchev–Trinajstić information content (AvgIpc) is 3.49. The van der Waals surface area contributed by atoms with E-state index in [1.165, 1.54) is 35.5 Å². The molecule has 206 valence electrons. The number of carbonyl (C=O) groups is 2. The summed E-state index contributed by atoms with van der Waals surface area (Å²) < 4.78 is 17.3. The van der Waals surface area contributed by atoms with E-state index in [1.807, 2.05) is 19.9 Å². The Kier molecular flexibility index (Phi) is 7.61. The van der Waals surface area contributed by atoms with Crippen molar-refractivity contribution in [2.75, 3.05) is 25.2 Å². The zero-order chi connectivity index (χ0) is 28.4. The fourth-order valence-electron chi connectivity index (χ4n) is 4.55. The van der Waals surface area contributed by atoms with Crippen LogP contribution in [0.1, 0.15) is 37.4 Å². The molecule has 1 fully saturated rings. The van der Waals surface area contributed by atoms with E-state index in [4.69, 9.17) is 14.2 Å². The Morgan fingerprint density at radius 1 is 1.00 bits per heavy atom. The molecule has 0 spiro atoms. The maximum Gasteiger partial charge on any atom is 0.301 e. The second-order valence-corrected chi connectivity index (χ2v) is 10.0. The average molecular weight is 561 g/mol. The molecule has 0 radical (unpaired) electrons. The quantitative estimate of drug-likeness (QED) is 0.149. The molecule has 1 unspecified atom stereocenters. The zero-order valence-corrected chi connectivity index (χ0v) is 23.0. The Morgan fingerprint density at radius 2 is 1.75 bits per heavy atom. The van der Waals surface area contributed by atoms with Crippen molar-refractivity contribution in [2.45, 2.75) is 26.3 Å². The highest BCUT2D eigenvalue weighted by Gasteiger charge is 2.48. The number of aromatic hydroxyl groups is 1. The number of rotatable bonds is 9. The molecular weight excluding hydrogens is 532 g/mol. The molecule has 0 saturated carbocycles. The number of aliphatic hydroxyl groups is 1. The molecular formula is C30H28N2O7S. The van der Waals surface area contributed by atoms with Gasteiger partial charge in [-0.2, -0.15) is 0 Å². The van der Waals surface area contributed by atoms with Crippen LogP contribution in [0.4, 0.5) is 5.13 Å². The highest BCUT2D eigenvalue weighted by molar-refractivity contribution is 7.22. The Hall–Kier alpha value is -4.57. The van der Waals surface area contributed by atoms with Gasteiger partial charge in [-0.25, -0.2) is 4.98 Å². The van der Waals surface area contributed by atoms with Gasteiger partial charge in [0.2, 0.25) is 0 Å². The number of Topliss-reactive ketones (excluding diaryl/α,β-unsaturated/α-hetero) is 1. The van der Waals surface area contributed by atoms with E-state index < -0.39 is 17.7 Å². The van der Waals surface area contributed by atoms with E-state index in [1.54, 1.807) is 42.5 Å². The van der Waals surface area contributed by atoms with Crippen LogP contribution in [0.3, 0.4) is 0 Å². The van der Waals surface area contributed by atoms with Gasteiger partial charge in [-0.3, -0.25) is 14.5 Å². The van der Waals surface area contributed by atoms with Crippen LogP contribution in [0.2, 0.25) is 0 Å². The van der Waals surface area contributed by atoms with Crippen LogP contribution in [0.15, 0.2) is 66.2 Å². The van der Waals surface area contributed by atoms with Crippen molar-refractivity contribution < 1.29 is 34.0 Å². The number of aromatic nitrogens is 1. The normalized spacial score (nSPS) is 16.5. The summed E-state index contributed by atoms with van der Waals surface area (Å²) in [4.78, 5) is 33.0. The van der Waals surface area contributed by atoms with Gasteiger partial charge in [0.05, 0.1) is 42.2 Å². The molecule has 5 rings (SSSR count). The first-order valence-corrected chi connectivity index (χ1v) is 13.6. The van der Waals surface area contributed by atoms with E-state index in [0.29, 0.717) is 41.4 Å². The lowest BCUT2D eigenvalue weighted by Crippen LogP contribution is -2.29. The van der Waals surface area contributed by atoms with Gasteiger partial charge in [0, 0.05) is 5.56 Å². The van der Waals surface area contributed by atoms with Crippen LogP contribution in [0, 0.1) is 0 Å². The van der Waals surface area contributed by atoms with E-state index in [-0.39, 0.29) is 28.0 Å². The van der Waals surface area contributed by atoms with Gasteiger partial charge >= 0.3 is 5.91 Å². The number of ether oxygens (including phenoxy) is 3. The number of aliphatic hydroxyl groups excluding tert-OH is 1. The number of phenols is 1. The number of anilines is 1. The zero-order valence-electron chi connectivity index (χ0n) is 22.2. The van der Waals surface area contributed by atoms with Gasteiger partial charge in [-0.1, -0.05) is 24.3 Å². The van der Waals surface area contributed by atoms with Crippen LogP contribution in [-0.2, 0) is 9.59 Å². The number of benzene rings is 3. The minimum Gasteiger partial charge on any atom is -0.507 e. The number of fused-ring (bicyclic) bond motifs is 1. The Balaban J connectivity index is 1.66. The number of amides is 1. The molecule has 9 nitrogen and oxygen atoms in total. The molecule has 1 aliphatic rings. The summed E-state index contributed by atoms with van der Waals surface area (Å²) in [6.45, 7) is 4.94. The molecule has 0 aliphatic carbocycles. The number of ketones is 1. The maximum absolute atomic E-state index is 13.5. The molecule has 10 heteroatoms. The summed E-state index contributed by atoms with van der Waals surface area (Å²) in [6.07, 6.45) is 0.847. The Labute approximate surface area is 234 Å². The molecule has 1 aliphatic heterocycles. The summed E-state index contributed by atoms with van der Waals surface area (Å²) in [5.41, 5.74) is 1.33. The molecule has 1 aromatic heterocycles. The third-order valence-electron chi connectivity index (χ3n) is 6.43. The maximum atomic E-state index is 13.5. The summed E-state index contributed by atoms with van der Waals surface area (Å²) in [5, 5.41) is 21.9. The lowest BCUT2D eigenvalue weighted by atomic mass is 9.95. The van der Waals surface area contributed by atoms with E-state index in [2.05, 4.69) is 4.98 Å². The van der Waals surface area contributed by atoms with Crippen molar-refractivity contribution in [3.05, 3.63) is 77.4 Å². The van der Waals surface area contributed by atoms with E-state index in [0.717, 1.165) is 11.1 Å². The standard InChI is InChI=1S/C30H28N2O7S/c1-4-14-39-19-9-6-17(7-10-19)27(34)25-26(18-8-13-22(33)23(15-18)37-3)32(29(36)28(25)35)30-31-21-12-11-20(38-5-2)16-24(21)40-30/h6-13,15-16,26,33-34H,4-5,14H2,1-3H3/b27-25+. The van der Waals surface area contributed by atoms with E-state index in [9.17, 15) is 19.8 Å². The van der Waals surface area contributed by atoms with Crippen molar-refractivity contribution in [3.63, 3.8) is 0 Å². The molecule has 2 heterocycles.